The van der Waals surface area contributed by atoms with Gasteiger partial charge in [0.15, 0.2) is 5.69 Å². The Morgan fingerprint density at radius 2 is 2.11 bits per heavy atom. The fraction of sp³-hybridized carbons (Fsp3) is 0. The van der Waals surface area contributed by atoms with E-state index in [1.54, 1.807) is 0 Å². The van der Waals surface area contributed by atoms with Crippen LogP contribution in [-0.2, 0) is 0 Å². The zero-order valence-corrected chi connectivity index (χ0v) is 11.0. The molecule has 0 saturated heterocycles. The molecule has 0 fully saturated rings. The number of aromatic carboxylic acids is 1. The second-order valence-corrected chi connectivity index (χ2v) is 4.92. The summed E-state index contributed by atoms with van der Waals surface area (Å²) in [5.41, 5.74) is 1.08. The van der Waals surface area contributed by atoms with Gasteiger partial charge in [0, 0.05) is 6.07 Å². The van der Waals surface area contributed by atoms with Crippen LogP contribution in [-0.4, -0.2) is 16.1 Å². The number of nitrogens with one attached hydrogen (secondary N) is 1. The van der Waals surface area contributed by atoms with E-state index in [-0.39, 0.29) is 20.9 Å². The molecule has 2 aromatic rings. The van der Waals surface area contributed by atoms with E-state index in [4.69, 9.17) is 5.11 Å². The van der Waals surface area contributed by atoms with Crippen LogP contribution in [0.5, 0.6) is 0 Å². The predicted octanol–water partition coefficient (Wildman–Crippen LogP) is 3.63. The highest BCUT2D eigenvalue weighted by Gasteiger charge is 2.16. The molecule has 1 heterocycles. The molecule has 0 atom stereocenters. The molecule has 1 aromatic carbocycles. The first kappa shape index (κ1) is 12.9. The van der Waals surface area contributed by atoms with Crippen LogP contribution in [0.15, 0.2) is 22.1 Å². The number of carbonyl (C=O) groups is 1. The molecule has 0 radical (unpaired) electrons. The lowest BCUT2D eigenvalue weighted by Crippen LogP contribution is -2.02. The van der Waals surface area contributed by atoms with Gasteiger partial charge in [0.05, 0.1) is 15.7 Å². The molecule has 4 nitrogen and oxygen atoms in total. The number of aromatic nitrogens is 1. The fourth-order valence-electron chi connectivity index (χ4n) is 1.23. The zero-order chi connectivity index (χ0) is 13.3. The van der Waals surface area contributed by atoms with E-state index in [9.17, 15) is 13.6 Å². The summed E-state index contributed by atoms with van der Waals surface area (Å²) in [6.07, 6.45) is 0. The van der Waals surface area contributed by atoms with E-state index in [2.05, 4.69) is 26.2 Å². The summed E-state index contributed by atoms with van der Waals surface area (Å²) in [6.45, 7) is 0. The van der Waals surface area contributed by atoms with Crippen LogP contribution < -0.4 is 5.32 Å². The summed E-state index contributed by atoms with van der Waals surface area (Å²) < 4.78 is 26.6. The molecule has 0 aliphatic rings. The van der Waals surface area contributed by atoms with Gasteiger partial charge in [0.25, 0.3) is 0 Å². The summed E-state index contributed by atoms with van der Waals surface area (Å²) in [4.78, 5) is 14.4. The molecule has 1 aromatic heterocycles. The van der Waals surface area contributed by atoms with Crippen molar-refractivity contribution >= 4 is 43.9 Å². The first-order chi connectivity index (χ1) is 8.49. The second-order valence-electron chi connectivity index (χ2n) is 3.21. The van der Waals surface area contributed by atoms with Crippen molar-refractivity contribution in [3.63, 3.8) is 0 Å². The van der Waals surface area contributed by atoms with Crippen molar-refractivity contribution < 1.29 is 18.7 Å². The normalized spacial score (nSPS) is 10.4. The van der Waals surface area contributed by atoms with Crippen LogP contribution in [0.4, 0.5) is 19.5 Å². The molecule has 0 amide bonds. The number of thiazole rings is 1. The molecule has 0 aliphatic heterocycles. The van der Waals surface area contributed by atoms with Crippen molar-refractivity contribution in [1.82, 2.24) is 4.98 Å². The molecular formula is C10H5BrF2N2O2S. The Bertz CT molecular complexity index is 618. The van der Waals surface area contributed by atoms with Crippen molar-refractivity contribution in [2.24, 2.45) is 0 Å². The van der Waals surface area contributed by atoms with E-state index in [0.717, 1.165) is 11.3 Å². The Labute approximate surface area is 112 Å². The van der Waals surface area contributed by atoms with Crippen LogP contribution in [0.1, 0.15) is 10.5 Å². The van der Waals surface area contributed by atoms with Gasteiger partial charge >= 0.3 is 5.97 Å². The molecule has 94 valence electrons. The molecule has 2 N–H and O–H groups in total. The average molecular weight is 335 g/mol. The van der Waals surface area contributed by atoms with Gasteiger partial charge < -0.3 is 10.4 Å². The molecule has 0 spiro atoms. The first-order valence-corrected chi connectivity index (χ1v) is 6.24. The molecule has 0 aliphatic carbocycles. The number of rotatable bonds is 3. The number of carboxylic acid groups (broad SMARTS) is 1. The number of halogens is 3. The van der Waals surface area contributed by atoms with Crippen LogP contribution in [0.25, 0.3) is 0 Å². The number of hydrogen-bond donors (Lipinski definition) is 2. The summed E-state index contributed by atoms with van der Waals surface area (Å²) >= 11 is 3.93. The van der Waals surface area contributed by atoms with Crippen LogP contribution in [0.3, 0.4) is 0 Å². The van der Waals surface area contributed by atoms with Gasteiger partial charge in [-0.05, 0) is 22.0 Å². The van der Waals surface area contributed by atoms with Crippen molar-refractivity contribution in [1.29, 1.82) is 0 Å². The topological polar surface area (TPSA) is 62.2 Å². The SMILES string of the molecule is O=C(O)c1ncsc1Nc1cc(Br)c(F)cc1F. The Morgan fingerprint density at radius 1 is 1.39 bits per heavy atom. The Balaban J connectivity index is 2.37. The van der Waals surface area contributed by atoms with Crippen LogP contribution in [0, 0.1) is 11.6 Å². The number of hydrogen-bond acceptors (Lipinski definition) is 4. The van der Waals surface area contributed by atoms with Crippen molar-refractivity contribution in [3.05, 3.63) is 39.4 Å². The maximum atomic E-state index is 13.5. The first-order valence-electron chi connectivity index (χ1n) is 4.57. The molecule has 0 saturated carbocycles. The number of carboxylic acids is 1. The van der Waals surface area contributed by atoms with Gasteiger partial charge in [-0.1, -0.05) is 0 Å². The van der Waals surface area contributed by atoms with Gasteiger partial charge in [0.1, 0.15) is 16.6 Å². The molecular weight excluding hydrogens is 330 g/mol. The minimum Gasteiger partial charge on any atom is -0.476 e. The minimum absolute atomic E-state index is 0.0324. The van der Waals surface area contributed by atoms with Crippen molar-refractivity contribution in [2.45, 2.75) is 0 Å². The largest absolute Gasteiger partial charge is 0.476 e. The molecule has 8 heteroatoms. The average Bonchev–Trinajstić information content (AvgIpc) is 2.74. The molecule has 2 rings (SSSR count). The van der Waals surface area contributed by atoms with E-state index in [1.807, 2.05) is 0 Å². The second kappa shape index (κ2) is 4.99. The highest BCUT2D eigenvalue weighted by atomic mass is 79.9. The number of nitrogens with zero attached hydrogens (tertiary/aromatic N) is 1. The maximum Gasteiger partial charge on any atom is 0.357 e. The Hall–Kier alpha value is -1.54. The summed E-state index contributed by atoms with van der Waals surface area (Å²) in [5.74, 6) is -2.78. The number of benzene rings is 1. The molecule has 0 unspecified atom stereocenters. The van der Waals surface area contributed by atoms with Gasteiger partial charge in [0.2, 0.25) is 0 Å². The van der Waals surface area contributed by atoms with E-state index in [0.29, 0.717) is 6.07 Å². The standard InChI is InChI=1S/C10H5BrF2N2O2S/c11-4-1-7(6(13)2-5(4)12)15-9-8(10(16)17)14-3-18-9/h1-3,15H,(H,16,17). The van der Waals surface area contributed by atoms with Gasteiger partial charge in [-0.3, -0.25) is 0 Å². The summed E-state index contributed by atoms with van der Waals surface area (Å²) in [7, 11) is 0. The van der Waals surface area contributed by atoms with Gasteiger partial charge in [-0.15, -0.1) is 11.3 Å². The predicted molar refractivity (Wildman–Crippen MR) is 66.4 cm³/mol. The minimum atomic E-state index is -1.22. The third kappa shape index (κ3) is 2.49. The molecule has 0 bridgehead atoms. The Morgan fingerprint density at radius 3 is 2.78 bits per heavy atom. The third-order valence-electron chi connectivity index (χ3n) is 2.03. The third-order valence-corrected chi connectivity index (χ3v) is 3.38. The van der Waals surface area contributed by atoms with Crippen LogP contribution in [0.2, 0.25) is 0 Å². The maximum absolute atomic E-state index is 13.5. The zero-order valence-electron chi connectivity index (χ0n) is 8.58. The van der Waals surface area contributed by atoms with Crippen molar-refractivity contribution in [3.8, 4) is 0 Å². The van der Waals surface area contributed by atoms with E-state index >= 15 is 0 Å². The number of anilines is 2. The summed E-state index contributed by atoms with van der Waals surface area (Å²) in [6, 6.07) is 1.89. The quantitative estimate of drug-likeness (QED) is 0.841. The van der Waals surface area contributed by atoms with Crippen molar-refractivity contribution in [2.75, 3.05) is 5.32 Å². The fourth-order valence-corrected chi connectivity index (χ4v) is 2.26. The lowest BCUT2D eigenvalue weighted by molar-refractivity contribution is 0.0692. The highest BCUT2D eigenvalue weighted by Crippen LogP contribution is 2.29. The van der Waals surface area contributed by atoms with E-state index in [1.165, 1.54) is 11.6 Å². The highest BCUT2D eigenvalue weighted by molar-refractivity contribution is 9.10. The summed E-state index contributed by atoms with van der Waals surface area (Å²) in [5, 5.41) is 11.6. The molecule has 18 heavy (non-hydrogen) atoms. The smallest absolute Gasteiger partial charge is 0.357 e. The van der Waals surface area contributed by atoms with E-state index < -0.39 is 17.6 Å². The van der Waals surface area contributed by atoms with Gasteiger partial charge in [-0.25, -0.2) is 18.6 Å². The van der Waals surface area contributed by atoms with Gasteiger partial charge in [-0.2, -0.15) is 0 Å². The monoisotopic (exact) mass is 334 g/mol. The Kier molecular flexibility index (Phi) is 3.58. The lowest BCUT2D eigenvalue weighted by atomic mass is 10.3. The van der Waals surface area contributed by atoms with Crippen LogP contribution >= 0.6 is 27.3 Å². The lowest BCUT2D eigenvalue weighted by Gasteiger charge is -2.07.